The van der Waals surface area contributed by atoms with Crippen molar-refractivity contribution in [1.29, 1.82) is 0 Å². The van der Waals surface area contributed by atoms with Gasteiger partial charge in [0, 0.05) is 24.9 Å². The summed E-state index contributed by atoms with van der Waals surface area (Å²) in [7, 11) is 0. The molecule has 1 aromatic carbocycles. The number of hydrogen-bond acceptors (Lipinski definition) is 3. The Morgan fingerprint density at radius 3 is 2.52 bits per heavy atom. The monoisotopic (exact) mass is 287 g/mol. The maximum Gasteiger partial charge on any atom is 0.410 e. The molecule has 5 nitrogen and oxygen atoms in total. The lowest BCUT2D eigenvalue weighted by Crippen LogP contribution is -2.38. The zero-order chi connectivity index (χ0) is 15.1. The van der Waals surface area contributed by atoms with Gasteiger partial charge in [0.2, 0.25) is 0 Å². The quantitative estimate of drug-likeness (QED) is 0.846. The third kappa shape index (κ3) is 4.84. The fourth-order valence-corrected chi connectivity index (χ4v) is 2.18. The van der Waals surface area contributed by atoms with Gasteiger partial charge in [0.1, 0.15) is 6.61 Å². The number of benzene rings is 1. The SMILES string of the molecule is O=C(O)C#CC1CCN(C(=O)OCc2ccccc2)CC1. The highest BCUT2D eigenvalue weighted by atomic mass is 16.6. The maximum absolute atomic E-state index is 11.9. The summed E-state index contributed by atoms with van der Waals surface area (Å²) < 4.78 is 5.26. The normalized spacial score (nSPS) is 15.0. The molecule has 21 heavy (non-hydrogen) atoms. The molecule has 0 atom stereocenters. The van der Waals surface area contributed by atoms with Crippen LogP contribution in [0, 0.1) is 17.8 Å². The molecule has 110 valence electrons. The van der Waals surface area contributed by atoms with Gasteiger partial charge >= 0.3 is 12.1 Å². The Balaban J connectivity index is 1.76. The van der Waals surface area contributed by atoms with Crippen molar-refractivity contribution < 1.29 is 19.4 Å². The highest BCUT2D eigenvalue weighted by Gasteiger charge is 2.22. The van der Waals surface area contributed by atoms with Crippen LogP contribution in [0.25, 0.3) is 0 Å². The Hall–Kier alpha value is -2.48. The molecule has 0 saturated carbocycles. The summed E-state index contributed by atoms with van der Waals surface area (Å²) in [5.41, 5.74) is 0.952. The standard InChI is InChI=1S/C16H17NO4/c18-15(19)7-6-13-8-10-17(11-9-13)16(20)21-12-14-4-2-1-3-5-14/h1-5,13H,8-12H2,(H,18,19). The highest BCUT2D eigenvalue weighted by molar-refractivity contribution is 5.86. The Morgan fingerprint density at radius 2 is 1.90 bits per heavy atom. The first-order chi connectivity index (χ1) is 10.1. The first-order valence-electron chi connectivity index (χ1n) is 6.85. The van der Waals surface area contributed by atoms with Crippen molar-refractivity contribution in [3.05, 3.63) is 35.9 Å². The Morgan fingerprint density at radius 1 is 1.24 bits per heavy atom. The Kier molecular flexibility index (Phi) is 5.22. The molecule has 1 aliphatic heterocycles. The summed E-state index contributed by atoms with van der Waals surface area (Å²) in [6.07, 6.45) is 1.03. The summed E-state index contributed by atoms with van der Waals surface area (Å²) in [6.45, 7) is 1.36. The van der Waals surface area contributed by atoms with Gasteiger partial charge in [0.15, 0.2) is 0 Å². The lowest BCUT2D eigenvalue weighted by molar-refractivity contribution is -0.130. The number of aliphatic carboxylic acids is 1. The number of hydrogen-bond donors (Lipinski definition) is 1. The van der Waals surface area contributed by atoms with Crippen LogP contribution in [0.15, 0.2) is 30.3 Å². The summed E-state index contributed by atoms with van der Waals surface area (Å²) >= 11 is 0. The number of amides is 1. The molecule has 1 aliphatic rings. The second-order valence-corrected chi connectivity index (χ2v) is 4.88. The minimum absolute atomic E-state index is 0.0410. The van der Waals surface area contributed by atoms with Gasteiger partial charge in [-0.2, -0.15) is 0 Å². The van der Waals surface area contributed by atoms with Crippen LogP contribution >= 0.6 is 0 Å². The number of likely N-dealkylation sites (tertiary alicyclic amines) is 1. The van der Waals surface area contributed by atoms with Gasteiger partial charge in [0.25, 0.3) is 0 Å². The van der Waals surface area contributed by atoms with Crippen molar-refractivity contribution in [2.24, 2.45) is 5.92 Å². The zero-order valence-corrected chi connectivity index (χ0v) is 11.6. The third-order valence-electron chi connectivity index (χ3n) is 3.34. The van der Waals surface area contributed by atoms with E-state index in [0.29, 0.717) is 25.9 Å². The second-order valence-electron chi connectivity index (χ2n) is 4.88. The van der Waals surface area contributed by atoms with E-state index in [-0.39, 0.29) is 18.6 Å². The smallest absolute Gasteiger partial charge is 0.410 e. The molecule has 1 fully saturated rings. The molecule has 5 heteroatoms. The molecule has 0 aliphatic carbocycles. The van der Waals surface area contributed by atoms with Crippen LogP contribution in [0.2, 0.25) is 0 Å². The minimum Gasteiger partial charge on any atom is -0.472 e. The lowest BCUT2D eigenvalue weighted by atomic mass is 9.98. The summed E-state index contributed by atoms with van der Waals surface area (Å²) in [5, 5.41) is 8.50. The van der Waals surface area contributed by atoms with Gasteiger partial charge in [-0.3, -0.25) is 0 Å². The van der Waals surface area contributed by atoms with Crippen molar-refractivity contribution in [3.63, 3.8) is 0 Å². The van der Waals surface area contributed by atoms with Crippen LogP contribution in [0.4, 0.5) is 4.79 Å². The molecule has 0 bridgehead atoms. The van der Waals surface area contributed by atoms with Crippen molar-refractivity contribution in [2.75, 3.05) is 13.1 Å². The number of nitrogens with zero attached hydrogens (tertiary/aromatic N) is 1. The fraction of sp³-hybridized carbons (Fsp3) is 0.375. The number of carboxylic acid groups (broad SMARTS) is 1. The Labute approximate surface area is 123 Å². The zero-order valence-electron chi connectivity index (χ0n) is 11.6. The number of carbonyl (C=O) groups is 2. The van der Waals surface area contributed by atoms with E-state index in [4.69, 9.17) is 9.84 Å². The van der Waals surface area contributed by atoms with E-state index in [2.05, 4.69) is 11.8 Å². The number of rotatable bonds is 2. The summed E-state index contributed by atoms with van der Waals surface area (Å²) in [6, 6.07) is 9.52. The van der Waals surface area contributed by atoms with Crippen LogP contribution in [-0.2, 0) is 16.1 Å². The first kappa shape index (κ1) is 14.9. The molecule has 0 spiro atoms. The molecule has 0 radical (unpaired) electrons. The van der Waals surface area contributed by atoms with Crippen molar-refractivity contribution in [2.45, 2.75) is 19.4 Å². The van der Waals surface area contributed by atoms with Crippen LogP contribution in [-0.4, -0.2) is 35.2 Å². The van der Waals surface area contributed by atoms with E-state index in [1.165, 1.54) is 0 Å². The van der Waals surface area contributed by atoms with Gasteiger partial charge in [-0.15, -0.1) is 0 Å². The predicted molar refractivity (Wildman–Crippen MR) is 76.3 cm³/mol. The van der Waals surface area contributed by atoms with E-state index >= 15 is 0 Å². The predicted octanol–water partition coefficient (Wildman–Crippen LogP) is 2.12. The highest BCUT2D eigenvalue weighted by Crippen LogP contribution is 2.17. The molecular formula is C16H17NO4. The van der Waals surface area contributed by atoms with Gasteiger partial charge in [0.05, 0.1) is 0 Å². The topological polar surface area (TPSA) is 66.8 Å². The van der Waals surface area contributed by atoms with Gasteiger partial charge in [-0.05, 0) is 18.4 Å². The van der Waals surface area contributed by atoms with Crippen molar-refractivity contribution >= 4 is 12.1 Å². The fourth-order valence-electron chi connectivity index (χ4n) is 2.18. The molecule has 1 N–H and O–H groups in total. The van der Waals surface area contributed by atoms with E-state index in [0.717, 1.165) is 5.56 Å². The van der Waals surface area contributed by atoms with Gasteiger partial charge < -0.3 is 14.7 Å². The van der Waals surface area contributed by atoms with Crippen LogP contribution in [0.1, 0.15) is 18.4 Å². The largest absolute Gasteiger partial charge is 0.472 e. The molecular weight excluding hydrogens is 270 g/mol. The van der Waals surface area contributed by atoms with E-state index in [1.807, 2.05) is 30.3 Å². The average molecular weight is 287 g/mol. The molecule has 0 aromatic heterocycles. The Bertz CT molecular complexity index is 551. The second kappa shape index (κ2) is 7.34. The molecule has 0 unspecified atom stereocenters. The number of piperidine rings is 1. The maximum atomic E-state index is 11.9. The third-order valence-corrected chi connectivity index (χ3v) is 3.34. The molecule has 1 heterocycles. The number of carbonyl (C=O) groups excluding carboxylic acids is 1. The van der Waals surface area contributed by atoms with E-state index in [1.54, 1.807) is 4.90 Å². The van der Waals surface area contributed by atoms with Crippen LogP contribution in [0.5, 0.6) is 0 Å². The summed E-state index contributed by atoms with van der Waals surface area (Å²) in [5.74, 6) is 3.78. The van der Waals surface area contributed by atoms with Crippen LogP contribution in [0.3, 0.4) is 0 Å². The van der Waals surface area contributed by atoms with Gasteiger partial charge in [-0.25, -0.2) is 9.59 Å². The molecule has 1 amide bonds. The van der Waals surface area contributed by atoms with Crippen molar-refractivity contribution in [3.8, 4) is 11.8 Å². The number of ether oxygens (including phenoxy) is 1. The minimum atomic E-state index is -1.11. The van der Waals surface area contributed by atoms with E-state index in [9.17, 15) is 9.59 Å². The first-order valence-corrected chi connectivity index (χ1v) is 6.85. The lowest BCUT2D eigenvalue weighted by Gasteiger charge is -2.29. The van der Waals surface area contributed by atoms with Crippen LogP contribution < -0.4 is 0 Å². The molecule has 2 rings (SSSR count). The van der Waals surface area contributed by atoms with Crippen molar-refractivity contribution in [1.82, 2.24) is 4.90 Å². The number of carboxylic acids is 1. The average Bonchev–Trinajstić information content (AvgIpc) is 2.52. The van der Waals surface area contributed by atoms with E-state index < -0.39 is 5.97 Å². The molecule has 1 aromatic rings. The molecule has 1 saturated heterocycles. The summed E-state index contributed by atoms with van der Waals surface area (Å²) in [4.78, 5) is 23.9. The van der Waals surface area contributed by atoms with Gasteiger partial charge in [-0.1, -0.05) is 36.3 Å².